The molecular weight excluding hydrogens is 354 g/mol. The second-order valence-electron chi connectivity index (χ2n) is 7.05. The fourth-order valence-electron chi connectivity index (χ4n) is 3.56. The Hall–Kier alpha value is -1.34. The van der Waals surface area contributed by atoms with Crippen molar-refractivity contribution in [2.75, 3.05) is 57.9 Å². The summed E-state index contributed by atoms with van der Waals surface area (Å²) in [5.74, 6) is 0. The first kappa shape index (κ1) is 19.4. The van der Waals surface area contributed by atoms with Crippen LogP contribution in [0.1, 0.15) is 17.5 Å². The van der Waals surface area contributed by atoms with E-state index in [0.717, 1.165) is 56.1 Å². The number of hydrogen-bond acceptors (Lipinski definition) is 4. The Balaban J connectivity index is 1.62. The Morgan fingerprint density at radius 1 is 1.19 bits per heavy atom. The molecule has 2 saturated heterocycles. The summed E-state index contributed by atoms with van der Waals surface area (Å²) in [5, 5.41) is 3.75. The third-order valence-corrected chi connectivity index (χ3v) is 5.15. The number of benzene rings is 1. The second kappa shape index (κ2) is 9.04. The summed E-state index contributed by atoms with van der Waals surface area (Å²) >= 11 is 6.09. The molecule has 2 fully saturated rings. The predicted octanol–water partition coefficient (Wildman–Crippen LogP) is 2.91. The molecule has 2 amide bonds. The van der Waals surface area contributed by atoms with Crippen molar-refractivity contribution in [2.24, 2.45) is 0 Å². The number of urea groups is 1. The first-order chi connectivity index (χ1) is 12.5. The van der Waals surface area contributed by atoms with Gasteiger partial charge in [-0.05, 0) is 43.5 Å². The van der Waals surface area contributed by atoms with Gasteiger partial charge in [0.25, 0.3) is 0 Å². The zero-order chi connectivity index (χ0) is 18.5. The van der Waals surface area contributed by atoms with E-state index >= 15 is 0 Å². The zero-order valence-electron chi connectivity index (χ0n) is 15.6. The number of anilines is 1. The molecular formula is C19H28ClN3O3. The van der Waals surface area contributed by atoms with Crippen LogP contribution in [-0.2, 0) is 9.47 Å². The monoisotopic (exact) mass is 381 g/mol. The Kier molecular flexibility index (Phi) is 6.75. The minimum absolute atomic E-state index is 0.0359. The number of nitrogens with zero attached hydrogens (tertiary/aromatic N) is 2. The molecule has 1 atom stereocenters. The van der Waals surface area contributed by atoms with Crippen molar-refractivity contribution in [3.63, 3.8) is 0 Å². The van der Waals surface area contributed by atoms with Crippen LogP contribution in [0, 0.1) is 13.8 Å². The van der Waals surface area contributed by atoms with E-state index in [0.29, 0.717) is 24.7 Å². The molecule has 0 radical (unpaired) electrons. The molecule has 0 saturated carbocycles. The first-order valence-electron chi connectivity index (χ1n) is 9.27. The highest BCUT2D eigenvalue weighted by Crippen LogP contribution is 2.25. The minimum Gasteiger partial charge on any atom is -0.379 e. The van der Waals surface area contributed by atoms with Crippen molar-refractivity contribution in [1.29, 1.82) is 0 Å². The smallest absolute Gasteiger partial charge is 0.321 e. The fraction of sp³-hybridized carbons (Fsp3) is 0.632. The lowest BCUT2D eigenvalue weighted by atomic mass is 10.1. The predicted molar refractivity (Wildman–Crippen MR) is 103 cm³/mol. The van der Waals surface area contributed by atoms with Gasteiger partial charge in [-0.2, -0.15) is 0 Å². The number of morpholine rings is 1. The second-order valence-corrected chi connectivity index (χ2v) is 7.49. The fourth-order valence-corrected chi connectivity index (χ4v) is 3.88. The molecule has 144 valence electrons. The van der Waals surface area contributed by atoms with Crippen molar-refractivity contribution in [1.82, 2.24) is 9.80 Å². The summed E-state index contributed by atoms with van der Waals surface area (Å²) < 4.78 is 11.4. The topological polar surface area (TPSA) is 54.0 Å². The summed E-state index contributed by atoms with van der Waals surface area (Å²) in [6, 6.07) is 3.67. The number of ether oxygens (including phenoxy) is 2. The molecule has 0 unspecified atom stereocenters. The van der Waals surface area contributed by atoms with E-state index in [9.17, 15) is 4.79 Å². The standard InChI is InChI=1S/C19H28ClN3O3/c1-14-10-16(20)11-15(2)18(14)21-19(24)23-4-3-7-26-17(13-23)12-22-5-8-25-9-6-22/h10-11,17H,3-9,12-13H2,1-2H3,(H,21,24)/t17-/m1/s1. The SMILES string of the molecule is Cc1cc(Cl)cc(C)c1NC(=O)N1CCCO[C@H](CN2CCOCC2)C1. The van der Waals surface area contributed by atoms with Gasteiger partial charge >= 0.3 is 6.03 Å². The average molecular weight is 382 g/mol. The molecule has 0 spiro atoms. The molecule has 26 heavy (non-hydrogen) atoms. The van der Waals surface area contributed by atoms with Crippen molar-refractivity contribution in [2.45, 2.75) is 26.4 Å². The highest BCUT2D eigenvalue weighted by atomic mass is 35.5. The van der Waals surface area contributed by atoms with Crippen LogP contribution in [-0.4, -0.2) is 74.5 Å². The van der Waals surface area contributed by atoms with Crippen LogP contribution < -0.4 is 5.32 Å². The summed E-state index contributed by atoms with van der Waals surface area (Å²) in [6.45, 7) is 10.2. The van der Waals surface area contributed by atoms with E-state index in [2.05, 4.69) is 10.2 Å². The molecule has 0 aromatic heterocycles. The van der Waals surface area contributed by atoms with Gasteiger partial charge < -0.3 is 19.7 Å². The lowest BCUT2D eigenvalue weighted by Crippen LogP contribution is -2.46. The van der Waals surface area contributed by atoms with Crippen LogP contribution in [0.2, 0.25) is 5.02 Å². The highest BCUT2D eigenvalue weighted by Gasteiger charge is 2.25. The lowest BCUT2D eigenvalue weighted by Gasteiger charge is -2.31. The van der Waals surface area contributed by atoms with Gasteiger partial charge in [-0.3, -0.25) is 4.90 Å². The van der Waals surface area contributed by atoms with E-state index in [4.69, 9.17) is 21.1 Å². The molecule has 0 aliphatic carbocycles. The Morgan fingerprint density at radius 2 is 1.88 bits per heavy atom. The van der Waals surface area contributed by atoms with E-state index < -0.39 is 0 Å². The van der Waals surface area contributed by atoms with Gasteiger partial charge in [-0.25, -0.2) is 4.79 Å². The lowest BCUT2D eigenvalue weighted by molar-refractivity contribution is -0.00983. The third kappa shape index (κ3) is 5.10. The Bertz CT molecular complexity index is 611. The quantitative estimate of drug-likeness (QED) is 0.874. The average Bonchev–Trinajstić information content (AvgIpc) is 2.84. The largest absolute Gasteiger partial charge is 0.379 e. The van der Waals surface area contributed by atoms with Crippen molar-refractivity contribution in [3.8, 4) is 0 Å². The van der Waals surface area contributed by atoms with Gasteiger partial charge in [0.05, 0.1) is 19.3 Å². The maximum Gasteiger partial charge on any atom is 0.321 e. The molecule has 0 bridgehead atoms. The van der Waals surface area contributed by atoms with E-state index in [-0.39, 0.29) is 12.1 Å². The number of carbonyl (C=O) groups is 1. The zero-order valence-corrected chi connectivity index (χ0v) is 16.3. The number of halogens is 1. The van der Waals surface area contributed by atoms with Crippen LogP contribution in [0.5, 0.6) is 0 Å². The van der Waals surface area contributed by atoms with Crippen LogP contribution in [0.4, 0.5) is 10.5 Å². The Labute approximate surface area is 160 Å². The van der Waals surface area contributed by atoms with Crippen molar-refractivity contribution < 1.29 is 14.3 Å². The first-order valence-corrected chi connectivity index (χ1v) is 9.65. The van der Waals surface area contributed by atoms with E-state index in [1.54, 1.807) is 0 Å². The molecule has 7 heteroatoms. The Morgan fingerprint density at radius 3 is 2.58 bits per heavy atom. The minimum atomic E-state index is -0.0731. The summed E-state index contributed by atoms with van der Waals surface area (Å²) in [5.41, 5.74) is 2.79. The molecule has 2 aliphatic heterocycles. The maximum atomic E-state index is 12.8. The van der Waals surface area contributed by atoms with Crippen LogP contribution in [0.3, 0.4) is 0 Å². The molecule has 2 aliphatic rings. The van der Waals surface area contributed by atoms with E-state index in [1.807, 2.05) is 30.9 Å². The van der Waals surface area contributed by atoms with Gasteiger partial charge in [-0.1, -0.05) is 11.6 Å². The van der Waals surface area contributed by atoms with Crippen LogP contribution >= 0.6 is 11.6 Å². The van der Waals surface area contributed by atoms with Gasteiger partial charge in [0.1, 0.15) is 0 Å². The van der Waals surface area contributed by atoms with Crippen molar-refractivity contribution in [3.05, 3.63) is 28.3 Å². The molecule has 1 N–H and O–H groups in total. The van der Waals surface area contributed by atoms with Gasteiger partial charge in [-0.15, -0.1) is 0 Å². The molecule has 3 rings (SSSR count). The van der Waals surface area contributed by atoms with Crippen LogP contribution in [0.25, 0.3) is 0 Å². The number of rotatable bonds is 3. The number of nitrogens with one attached hydrogen (secondary N) is 1. The number of carbonyl (C=O) groups excluding carboxylic acids is 1. The van der Waals surface area contributed by atoms with Crippen molar-refractivity contribution >= 4 is 23.3 Å². The normalized spacial score (nSPS) is 22.1. The molecule has 2 heterocycles. The third-order valence-electron chi connectivity index (χ3n) is 4.93. The molecule has 6 nitrogen and oxygen atoms in total. The summed E-state index contributed by atoms with van der Waals surface area (Å²) in [6.07, 6.45) is 0.889. The molecule has 1 aromatic carbocycles. The van der Waals surface area contributed by atoms with Crippen LogP contribution in [0.15, 0.2) is 12.1 Å². The number of hydrogen-bond donors (Lipinski definition) is 1. The van der Waals surface area contributed by atoms with Gasteiger partial charge in [0, 0.05) is 50.0 Å². The van der Waals surface area contributed by atoms with Gasteiger partial charge in [0.2, 0.25) is 0 Å². The van der Waals surface area contributed by atoms with E-state index in [1.165, 1.54) is 0 Å². The summed E-state index contributed by atoms with van der Waals surface area (Å²) in [4.78, 5) is 17.1. The summed E-state index contributed by atoms with van der Waals surface area (Å²) in [7, 11) is 0. The highest BCUT2D eigenvalue weighted by molar-refractivity contribution is 6.30. The maximum absolute atomic E-state index is 12.8. The number of aryl methyl sites for hydroxylation is 2. The van der Waals surface area contributed by atoms with Gasteiger partial charge in [0.15, 0.2) is 0 Å². The molecule has 1 aromatic rings. The number of amides is 2.